The Hall–Kier alpha value is -2.21. The highest BCUT2D eigenvalue weighted by atomic mass is 79.9. The molecule has 0 amide bonds. The number of carbonyl (C=O) groups is 2. The molecule has 0 aliphatic rings. The van der Waals surface area contributed by atoms with E-state index in [0.717, 1.165) is 4.47 Å². The van der Waals surface area contributed by atoms with Crippen LogP contribution < -0.4 is 0 Å². The summed E-state index contributed by atoms with van der Waals surface area (Å²) in [6.45, 7) is 0. The van der Waals surface area contributed by atoms with Crippen molar-refractivity contribution in [2.75, 3.05) is 7.11 Å². The van der Waals surface area contributed by atoms with E-state index in [-0.39, 0.29) is 5.97 Å². The Bertz CT molecular complexity index is 587. The molecule has 0 radical (unpaired) electrons. The molecule has 0 unspecified atom stereocenters. The van der Waals surface area contributed by atoms with E-state index in [0.29, 0.717) is 11.1 Å². The summed E-state index contributed by atoms with van der Waals surface area (Å²) in [6.07, 6.45) is 3.06. The predicted octanol–water partition coefficient (Wildman–Crippen LogP) is 3.02. The minimum Gasteiger partial charge on any atom is -0.478 e. The number of hydrogen-bond donors (Lipinski definition) is 1. The van der Waals surface area contributed by atoms with Crippen molar-refractivity contribution in [2.45, 2.75) is 0 Å². The molecule has 0 fully saturated rings. The monoisotopic (exact) mass is 337 g/mol. The normalized spacial score (nSPS) is 9.10. The van der Waals surface area contributed by atoms with Gasteiger partial charge in [0.25, 0.3) is 0 Å². The molecule has 2 rings (SSSR count). The summed E-state index contributed by atoms with van der Waals surface area (Å²) in [5, 5.41) is 8.38. The van der Waals surface area contributed by atoms with Gasteiger partial charge in [-0.05, 0) is 34.1 Å². The first-order valence-electron chi connectivity index (χ1n) is 5.51. The van der Waals surface area contributed by atoms with Crippen molar-refractivity contribution >= 4 is 27.9 Å². The van der Waals surface area contributed by atoms with Gasteiger partial charge in [-0.3, -0.25) is 4.98 Å². The molecule has 1 aromatic carbocycles. The maximum absolute atomic E-state index is 10.9. The van der Waals surface area contributed by atoms with Gasteiger partial charge in [0, 0.05) is 16.9 Å². The number of hydrogen-bond acceptors (Lipinski definition) is 4. The molecule has 20 heavy (non-hydrogen) atoms. The second-order valence-corrected chi connectivity index (χ2v) is 4.47. The Morgan fingerprint density at radius 2 is 1.80 bits per heavy atom. The summed E-state index contributed by atoms with van der Waals surface area (Å²) in [6, 6.07) is 9.95. The molecule has 0 aliphatic carbocycles. The van der Waals surface area contributed by atoms with E-state index in [1.165, 1.54) is 13.3 Å². The molecule has 0 atom stereocenters. The molecule has 0 spiro atoms. The maximum Gasteiger partial charge on any atom is 0.339 e. The topological polar surface area (TPSA) is 76.5 Å². The number of pyridine rings is 1. The molecule has 1 N–H and O–H groups in total. The highest BCUT2D eigenvalue weighted by Crippen LogP contribution is 2.09. The third-order valence-electron chi connectivity index (χ3n) is 2.15. The van der Waals surface area contributed by atoms with Crippen LogP contribution in [0.5, 0.6) is 0 Å². The maximum atomic E-state index is 10.9. The van der Waals surface area contributed by atoms with Crippen LogP contribution in [0, 0.1) is 0 Å². The van der Waals surface area contributed by atoms with Crippen molar-refractivity contribution in [3.8, 4) is 0 Å². The molecule has 104 valence electrons. The summed E-state index contributed by atoms with van der Waals surface area (Å²) in [4.78, 5) is 24.9. The molecule has 1 aromatic heterocycles. The van der Waals surface area contributed by atoms with Crippen molar-refractivity contribution in [3.63, 3.8) is 0 Å². The number of benzene rings is 1. The molecule has 1 heterocycles. The van der Waals surface area contributed by atoms with Gasteiger partial charge in [-0.1, -0.05) is 18.2 Å². The zero-order valence-electron chi connectivity index (χ0n) is 10.6. The third-order valence-corrected chi connectivity index (χ3v) is 2.58. The highest BCUT2D eigenvalue weighted by molar-refractivity contribution is 9.10. The second kappa shape index (κ2) is 8.06. The predicted molar refractivity (Wildman–Crippen MR) is 76.7 cm³/mol. The van der Waals surface area contributed by atoms with E-state index in [4.69, 9.17) is 5.11 Å². The number of rotatable bonds is 2. The van der Waals surface area contributed by atoms with Crippen LogP contribution in [0.1, 0.15) is 20.7 Å². The summed E-state index contributed by atoms with van der Waals surface area (Å²) < 4.78 is 5.26. The number of nitrogens with zero attached hydrogens (tertiary/aromatic N) is 1. The Labute approximate surface area is 124 Å². The van der Waals surface area contributed by atoms with Crippen molar-refractivity contribution in [3.05, 3.63) is 64.4 Å². The van der Waals surface area contributed by atoms with Crippen molar-refractivity contribution in [1.82, 2.24) is 4.98 Å². The summed E-state index contributed by atoms with van der Waals surface area (Å²) in [5.41, 5.74) is 0.777. The first-order valence-corrected chi connectivity index (χ1v) is 6.31. The van der Waals surface area contributed by atoms with Crippen LogP contribution >= 0.6 is 15.9 Å². The number of carboxylic acids is 1. The number of aromatic nitrogens is 1. The minimum atomic E-state index is -0.879. The second-order valence-electron chi connectivity index (χ2n) is 3.55. The molecule has 0 saturated carbocycles. The van der Waals surface area contributed by atoms with Gasteiger partial charge in [0.15, 0.2) is 0 Å². The Morgan fingerprint density at radius 1 is 1.15 bits per heavy atom. The van der Waals surface area contributed by atoms with E-state index in [9.17, 15) is 9.59 Å². The third kappa shape index (κ3) is 5.19. The van der Waals surface area contributed by atoms with Gasteiger partial charge in [0.05, 0.1) is 18.2 Å². The first kappa shape index (κ1) is 15.8. The fourth-order valence-corrected chi connectivity index (χ4v) is 1.59. The molecule has 6 heteroatoms. The standard InChI is InChI=1S/C7H6BrNO2.C7H6O2/c1-11-7(10)5-2-6(8)4-9-3-5;8-7(9)6-4-2-1-3-5-6/h2-4H,1H3;1-5H,(H,8,9). The molecular formula is C14H12BrNO4. The zero-order chi connectivity index (χ0) is 15.0. The number of carboxylic acid groups (broad SMARTS) is 1. The quantitative estimate of drug-likeness (QED) is 0.852. The zero-order valence-corrected chi connectivity index (χ0v) is 12.2. The number of halogens is 1. The van der Waals surface area contributed by atoms with E-state index in [1.807, 2.05) is 0 Å². The molecule has 2 aromatic rings. The Kier molecular flexibility index (Phi) is 6.39. The number of ether oxygens (including phenoxy) is 1. The van der Waals surface area contributed by atoms with Crippen LogP contribution in [0.4, 0.5) is 0 Å². The van der Waals surface area contributed by atoms with E-state index < -0.39 is 5.97 Å². The van der Waals surface area contributed by atoms with Gasteiger partial charge in [-0.25, -0.2) is 9.59 Å². The van der Waals surface area contributed by atoms with Crippen LogP contribution in [-0.2, 0) is 4.74 Å². The lowest BCUT2D eigenvalue weighted by molar-refractivity contribution is 0.0599. The van der Waals surface area contributed by atoms with Crippen LogP contribution in [0.2, 0.25) is 0 Å². The fourth-order valence-electron chi connectivity index (χ4n) is 1.22. The van der Waals surface area contributed by atoms with Crippen LogP contribution in [-0.4, -0.2) is 29.1 Å². The largest absolute Gasteiger partial charge is 0.478 e. The summed E-state index contributed by atoms with van der Waals surface area (Å²) in [5.74, 6) is -1.26. The smallest absolute Gasteiger partial charge is 0.339 e. The molecule has 5 nitrogen and oxygen atoms in total. The van der Waals surface area contributed by atoms with Gasteiger partial charge >= 0.3 is 11.9 Å². The lowest BCUT2D eigenvalue weighted by atomic mass is 10.2. The van der Waals surface area contributed by atoms with E-state index in [2.05, 4.69) is 25.7 Å². The van der Waals surface area contributed by atoms with Crippen molar-refractivity contribution in [1.29, 1.82) is 0 Å². The average molecular weight is 338 g/mol. The summed E-state index contributed by atoms with van der Waals surface area (Å²) >= 11 is 3.19. The first-order chi connectivity index (χ1) is 9.54. The highest BCUT2D eigenvalue weighted by Gasteiger charge is 2.04. The number of carbonyl (C=O) groups excluding carboxylic acids is 1. The van der Waals surface area contributed by atoms with Gasteiger partial charge in [0.1, 0.15) is 0 Å². The number of methoxy groups -OCH3 is 1. The van der Waals surface area contributed by atoms with Crippen LogP contribution in [0.25, 0.3) is 0 Å². The molecule has 0 aliphatic heterocycles. The van der Waals surface area contributed by atoms with Crippen molar-refractivity contribution in [2.24, 2.45) is 0 Å². The van der Waals surface area contributed by atoms with Gasteiger partial charge < -0.3 is 9.84 Å². The lowest BCUT2D eigenvalue weighted by Crippen LogP contribution is -2.01. The van der Waals surface area contributed by atoms with Gasteiger partial charge in [0.2, 0.25) is 0 Å². The van der Waals surface area contributed by atoms with Crippen molar-refractivity contribution < 1.29 is 19.4 Å². The average Bonchev–Trinajstić information content (AvgIpc) is 2.48. The van der Waals surface area contributed by atoms with Gasteiger partial charge in [-0.2, -0.15) is 0 Å². The Morgan fingerprint density at radius 3 is 2.25 bits per heavy atom. The fraction of sp³-hybridized carbons (Fsp3) is 0.0714. The van der Waals surface area contributed by atoms with E-state index in [1.54, 1.807) is 42.6 Å². The van der Waals surface area contributed by atoms with E-state index >= 15 is 0 Å². The number of aromatic carboxylic acids is 1. The van der Waals surface area contributed by atoms with Gasteiger partial charge in [-0.15, -0.1) is 0 Å². The molecule has 0 bridgehead atoms. The molecule has 0 saturated heterocycles. The number of esters is 1. The molecular weight excluding hydrogens is 326 g/mol. The minimum absolute atomic E-state index is 0.331. The van der Waals surface area contributed by atoms with Crippen LogP contribution in [0.3, 0.4) is 0 Å². The Balaban J connectivity index is 0.000000204. The lowest BCUT2D eigenvalue weighted by Gasteiger charge is -1.97. The SMILES string of the molecule is COC(=O)c1cncc(Br)c1.O=C(O)c1ccccc1. The summed E-state index contributed by atoms with van der Waals surface area (Å²) in [7, 11) is 1.34. The van der Waals surface area contributed by atoms with Crippen LogP contribution in [0.15, 0.2) is 53.3 Å².